The van der Waals surface area contributed by atoms with Crippen molar-refractivity contribution in [2.45, 2.75) is 71.1 Å². The zero-order chi connectivity index (χ0) is 20.8. The summed E-state index contributed by atoms with van der Waals surface area (Å²) in [5.41, 5.74) is 0.305. The summed E-state index contributed by atoms with van der Waals surface area (Å²) in [7, 11) is -3.72. The van der Waals surface area contributed by atoms with Crippen molar-refractivity contribution in [2.75, 3.05) is 12.9 Å². The topological polar surface area (TPSA) is 69.7 Å². The molecule has 0 amide bonds. The molecule has 0 aliphatic rings. The number of unbranched alkanes of at least 4 members (excludes halogenated alkanes) is 9. The van der Waals surface area contributed by atoms with E-state index in [-0.39, 0.29) is 11.5 Å². The van der Waals surface area contributed by atoms with Crippen molar-refractivity contribution < 1.29 is 22.1 Å². The van der Waals surface area contributed by atoms with E-state index in [0.717, 1.165) is 19.1 Å². The second-order valence-corrected chi connectivity index (χ2v) is 8.62. The Morgan fingerprint density at radius 2 is 1.54 bits per heavy atom. The van der Waals surface area contributed by atoms with E-state index in [9.17, 15) is 13.2 Å². The summed E-state index contributed by atoms with van der Waals surface area (Å²) in [4.78, 5) is 11.7. The molecular weight excluding hydrogens is 376 g/mol. The number of ketones is 1. The third kappa shape index (κ3) is 10.5. The molecule has 0 unspecified atom stereocenters. The fraction of sp³-hybridized carbons (Fsp3) is 0.591. The second kappa shape index (κ2) is 13.4. The summed E-state index contributed by atoms with van der Waals surface area (Å²) < 4.78 is 33.6. The number of ether oxygens (including phenoxy) is 1. The molecular formula is C22H34O5S. The molecule has 158 valence electrons. The Balaban J connectivity index is 2.40. The van der Waals surface area contributed by atoms with Crippen LogP contribution in [-0.4, -0.2) is 27.1 Å². The van der Waals surface area contributed by atoms with Gasteiger partial charge in [0.05, 0.1) is 12.9 Å². The maximum atomic E-state index is 11.7. The molecule has 28 heavy (non-hydrogen) atoms. The number of hydrogen-bond donors (Lipinski definition) is 0. The van der Waals surface area contributed by atoms with E-state index in [0.29, 0.717) is 17.9 Å². The minimum atomic E-state index is -3.72. The maximum absolute atomic E-state index is 11.7. The molecule has 1 rings (SSSR count). The molecule has 6 heteroatoms. The molecule has 0 saturated heterocycles. The number of carbonyl (C=O) groups is 1. The van der Waals surface area contributed by atoms with E-state index in [2.05, 4.69) is 13.5 Å². The summed E-state index contributed by atoms with van der Waals surface area (Å²) in [6.45, 7) is 6.14. The fourth-order valence-corrected chi connectivity index (χ4v) is 3.35. The third-order valence-electron chi connectivity index (χ3n) is 4.41. The van der Waals surface area contributed by atoms with Gasteiger partial charge in [0, 0.05) is 5.56 Å². The molecule has 5 nitrogen and oxygen atoms in total. The minimum Gasteiger partial charge on any atom is -0.490 e. The Labute approximate surface area is 170 Å². The molecule has 0 saturated carbocycles. The number of allylic oxidation sites excluding steroid dienone is 1. The molecule has 0 spiro atoms. The Bertz CT molecular complexity index is 710. The summed E-state index contributed by atoms with van der Waals surface area (Å²) in [6, 6.07) is 4.51. The Kier molecular flexibility index (Phi) is 11.6. The van der Waals surface area contributed by atoms with Crippen LogP contribution in [0.2, 0.25) is 0 Å². The van der Waals surface area contributed by atoms with E-state index < -0.39 is 10.1 Å². The van der Waals surface area contributed by atoms with Gasteiger partial charge < -0.3 is 8.92 Å². The molecule has 0 aliphatic carbocycles. The normalized spacial score (nSPS) is 11.2. The van der Waals surface area contributed by atoms with Crippen LogP contribution in [0, 0.1) is 0 Å². The fourth-order valence-electron chi connectivity index (χ4n) is 2.90. The number of benzene rings is 1. The Hall–Kier alpha value is -1.82. The predicted octanol–water partition coefficient (Wildman–Crippen LogP) is 5.69. The Morgan fingerprint density at radius 1 is 0.964 bits per heavy atom. The summed E-state index contributed by atoms with van der Waals surface area (Å²) in [6.07, 6.45) is 14.4. The lowest BCUT2D eigenvalue weighted by Gasteiger charge is -2.12. The van der Waals surface area contributed by atoms with Gasteiger partial charge in [-0.2, -0.15) is 8.42 Å². The minimum absolute atomic E-state index is 0.0299. The summed E-state index contributed by atoms with van der Waals surface area (Å²) >= 11 is 0. The Morgan fingerprint density at radius 3 is 2.07 bits per heavy atom. The monoisotopic (exact) mass is 410 g/mol. The van der Waals surface area contributed by atoms with Crippen molar-refractivity contribution in [2.24, 2.45) is 0 Å². The molecule has 0 atom stereocenters. The average molecular weight is 411 g/mol. The maximum Gasteiger partial charge on any atom is 0.306 e. The first-order valence-corrected chi connectivity index (χ1v) is 12.0. The van der Waals surface area contributed by atoms with Gasteiger partial charge in [0.25, 0.3) is 0 Å². The quantitative estimate of drug-likeness (QED) is 0.151. The van der Waals surface area contributed by atoms with Crippen molar-refractivity contribution in [1.82, 2.24) is 0 Å². The van der Waals surface area contributed by atoms with Gasteiger partial charge in [0.15, 0.2) is 17.3 Å². The van der Waals surface area contributed by atoms with Crippen LogP contribution in [0.1, 0.15) is 81.5 Å². The van der Waals surface area contributed by atoms with E-state index in [1.54, 1.807) is 12.1 Å². The molecule has 0 N–H and O–H groups in total. The highest BCUT2D eigenvalue weighted by Gasteiger charge is 2.14. The van der Waals surface area contributed by atoms with Crippen LogP contribution >= 0.6 is 0 Å². The summed E-state index contributed by atoms with van der Waals surface area (Å²) in [5, 5.41) is 0. The van der Waals surface area contributed by atoms with E-state index in [1.165, 1.54) is 63.5 Å². The van der Waals surface area contributed by atoms with Gasteiger partial charge in [-0.1, -0.05) is 71.3 Å². The van der Waals surface area contributed by atoms with Gasteiger partial charge in [0.2, 0.25) is 0 Å². The lowest BCUT2D eigenvalue weighted by Crippen LogP contribution is -2.09. The van der Waals surface area contributed by atoms with Crippen molar-refractivity contribution in [3.63, 3.8) is 0 Å². The van der Waals surface area contributed by atoms with E-state index >= 15 is 0 Å². The van der Waals surface area contributed by atoms with Crippen LogP contribution in [0.4, 0.5) is 0 Å². The average Bonchev–Trinajstić information content (AvgIpc) is 2.65. The highest BCUT2D eigenvalue weighted by Crippen LogP contribution is 2.30. The van der Waals surface area contributed by atoms with Gasteiger partial charge in [0.1, 0.15) is 0 Å². The molecule has 0 bridgehead atoms. The van der Waals surface area contributed by atoms with Crippen LogP contribution in [0.5, 0.6) is 11.5 Å². The van der Waals surface area contributed by atoms with Crippen molar-refractivity contribution >= 4 is 15.9 Å². The summed E-state index contributed by atoms with van der Waals surface area (Å²) in [5.74, 6) is 0.0452. The first kappa shape index (κ1) is 24.2. The molecule has 0 aromatic heterocycles. The van der Waals surface area contributed by atoms with Gasteiger partial charge >= 0.3 is 10.1 Å². The zero-order valence-corrected chi connectivity index (χ0v) is 18.1. The van der Waals surface area contributed by atoms with Crippen molar-refractivity contribution in [1.29, 1.82) is 0 Å². The number of hydrogen-bond acceptors (Lipinski definition) is 5. The van der Waals surface area contributed by atoms with Crippen molar-refractivity contribution in [3.05, 3.63) is 36.4 Å². The third-order valence-corrected chi connectivity index (χ3v) is 4.89. The molecule has 1 aromatic carbocycles. The van der Waals surface area contributed by atoms with Crippen LogP contribution in [-0.2, 0) is 10.1 Å². The van der Waals surface area contributed by atoms with Crippen LogP contribution in [0.15, 0.2) is 30.9 Å². The van der Waals surface area contributed by atoms with Gasteiger partial charge in [-0.05, 0) is 30.7 Å². The second-order valence-electron chi connectivity index (χ2n) is 7.05. The molecule has 0 heterocycles. The van der Waals surface area contributed by atoms with Gasteiger partial charge in [-0.25, -0.2) is 0 Å². The van der Waals surface area contributed by atoms with E-state index in [4.69, 9.17) is 8.92 Å². The molecule has 1 aromatic rings. The van der Waals surface area contributed by atoms with E-state index in [1.807, 2.05) is 0 Å². The van der Waals surface area contributed by atoms with Gasteiger partial charge in [-0.3, -0.25) is 4.79 Å². The molecule has 0 fully saturated rings. The zero-order valence-electron chi connectivity index (χ0n) is 17.2. The van der Waals surface area contributed by atoms with Crippen LogP contribution in [0.3, 0.4) is 0 Å². The standard InChI is InChI=1S/C22H34O5S/c1-4-6-7-8-9-10-11-12-13-14-17-26-21-16-15-19(20(23)5-2)18-22(21)27-28(3,24)25/h5,15-16,18H,2,4,6-14,17H2,1,3H3. The SMILES string of the molecule is C=CC(=O)c1ccc(OCCCCCCCCCCCC)c(OS(C)(=O)=O)c1. The lowest BCUT2D eigenvalue weighted by atomic mass is 10.1. The first-order valence-electron chi connectivity index (χ1n) is 10.2. The number of rotatable bonds is 16. The first-order chi connectivity index (χ1) is 13.4. The van der Waals surface area contributed by atoms with Gasteiger partial charge in [-0.15, -0.1) is 0 Å². The smallest absolute Gasteiger partial charge is 0.306 e. The predicted molar refractivity (Wildman–Crippen MR) is 114 cm³/mol. The van der Waals surface area contributed by atoms with Crippen LogP contribution in [0.25, 0.3) is 0 Å². The largest absolute Gasteiger partial charge is 0.490 e. The highest BCUT2D eigenvalue weighted by molar-refractivity contribution is 7.86. The molecule has 0 aliphatic heterocycles. The highest BCUT2D eigenvalue weighted by atomic mass is 32.2. The van der Waals surface area contributed by atoms with Crippen LogP contribution < -0.4 is 8.92 Å². The molecule has 0 radical (unpaired) electrons. The lowest BCUT2D eigenvalue weighted by molar-refractivity contribution is 0.104. The number of carbonyl (C=O) groups excluding carboxylic acids is 1. The van der Waals surface area contributed by atoms with Crippen molar-refractivity contribution in [3.8, 4) is 11.5 Å².